The largest absolute Gasteiger partial charge is 0.372 e. The van der Waals surface area contributed by atoms with Crippen LogP contribution in [-0.4, -0.2) is 43.4 Å². The predicted molar refractivity (Wildman–Crippen MR) is 44.9 cm³/mol. The lowest BCUT2D eigenvalue weighted by Crippen LogP contribution is -2.61. The lowest BCUT2D eigenvalue weighted by molar-refractivity contribution is -0.111. The molecule has 0 N–H and O–H groups in total. The monoisotopic (exact) mass is 173 g/mol. The summed E-state index contributed by atoms with van der Waals surface area (Å²) in [4.78, 5) is 2.28. The Morgan fingerprint density at radius 2 is 2.25 bits per heavy atom. The molecular weight excluding hydrogens is 157 g/mol. The Bertz CT molecular complexity index is 149. The average Bonchev–Trinajstić information content (AvgIpc) is 2.46. The maximum Gasteiger partial charge on any atom is 0.0935 e. The first kappa shape index (κ1) is 8.45. The number of ether oxygens (including phenoxy) is 1. The molecule has 1 spiro atoms. The number of halogens is 1. The molecule has 2 nitrogen and oxygen atoms in total. The molecule has 0 saturated carbocycles. The Morgan fingerprint density at radius 1 is 1.42 bits per heavy atom. The fourth-order valence-electron chi connectivity index (χ4n) is 2.21. The number of alkyl halides is 1. The van der Waals surface area contributed by atoms with Crippen LogP contribution in [0.5, 0.6) is 0 Å². The third-order valence-electron chi connectivity index (χ3n) is 2.82. The van der Waals surface area contributed by atoms with E-state index in [1.54, 1.807) is 0 Å². The van der Waals surface area contributed by atoms with Crippen LogP contribution < -0.4 is 0 Å². The molecular formula is C9H16FNO. The molecule has 2 aliphatic heterocycles. The Kier molecular flexibility index (Phi) is 2.33. The van der Waals surface area contributed by atoms with Crippen LogP contribution in [-0.2, 0) is 4.74 Å². The Morgan fingerprint density at radius 3 is 2.83 bits per heavy atom. The zero-order chi connectivity index (χ0) is 8.44. The molecule has 70 valence electrons. The molecule has 3 heteroatoms. The fraction of sp³-hybridized carbons (Fsp3) is 1.00. The first-order valence-electron chi connectivity index (χ1n) is 4.77. The van der Waals surface area contributed by atoms with E-state index in [2.05, 4.69) is 4.90 Å². The van der Waals surface area contributed by atoms with Gasteiger partial charge in [-0.05, 0) is 19.3 Å². The van der Waals surface area contributed by atoms with E-state index >= 15 is 0 Å². The summed E-state index contributed by atoms with van der Waals surface area (Å²) in [6, 6.07) is 0. The number of hydrogen-bond acceptors (Lipinski definition) is 2. The van der Waals surface area contributed by atoms with Crippen molar-refractivity contribution in [1.82, 2.24) is 4.90 Å². The molecule has 0 radical (unpaired) electrons. The molecule has 2 saturated heterocycles. The minimum absolute atomic E-state index is 0.190. The average molecular weight is 173 g/mol. The van der Waals surface area contributed by atoms with E-state index in [4.69, 9.17) is 4.74 Å². The van der Waals surface area contributed by atoms with Gasteiger partial charge in [-0.1, -0.05) is 0 Å². The summed E-state index contributed by atoms with van der Waals surface area (Å²) in [5, 5.41) is 0. The van der Waals surface area contributed by atoms with E-state index in [1.807, 2.05) is 0 Å². The van der Waals surface area contributed by atoms with E-state index in [0.29, 0.717) is 6.42 Å². The van der Waals surface area contributed by atoms with Gasteiger partial charge in [-0.15, -0.1) is 0 Å². The highest BCUT2D eigenvalue weighted by Gasteiger charge is 2.45. The van der Waals surface area contributed by atoms with Crippen LogP contribution in [0.1, 0.15) is 19.3 Å². The quantitative estimate of drug-likeness (QED) is 0.636. The third kappa shape index (κ3) is 1.48. The molecule has 0 aromatic rings. The van der Waals surface area contributed by atoms with E-state index in [9.17, 15) is 4.39 Å². The second kappa shape index (κ2) is 3.30. The normalized spacial score (nSPS) is 27.8. The van der Waals surface area contributed by atoms with Crippen molar-refractivity contribution < 1.29 is 9.13 Å². The summed E-state index contributed by atoms with van der Waals surface area (Å²) in [7, 11) is 0. The summed E-state index contributed by atoms with van der Waals surface area (Å²) in [6.07, 6.45) is 3.09. The van der Waals surface area contributed by atoms with Crippen LogP contribution in [0, 0.1) is 0 Å². The second-order valence-electron chi connectivity index (χ2n) is 3.89. The van der Waals surface area contributed by atoms with Gasteiger partial charge < -0.3 is 4.74 Å². The van der Waals surface area contributed by atoms with E-state index in [0.717, 1.165) is 26.2 Å². The summed E-state index contributed by atoms with van der Waals surface area (Å²) in [6.45, 7) is 3.71. The second-order valence-corrected chi connectivity index (χ2v) is 3.89. The minimum Gasteiger partial charge on any atom is -0.372 e. The van der Waals surface area contributed by atoms with E-state index < -0.39 is 0 Å². The minimum atomic E-state index is -0.190. The lowest BCUT2D eigenvalue weighted by Gasteiger charge is -2.47. The molecule has 0 aliphatic carbocycles. The smallest absolute Gasteiger partial charge is 0.0935 e. The molecule has 12 heavy (non-hydrogen) atoms. The first-order chi connectivity index (χ1) is 5.85. The molecule has 0 atom stereocenters. The summed E-state index contributed by atoms with van der Waals surface area (Å²) >= 11 is 0. The van der Waals surface area contributed by atoms with Crippen molar-refractivity contribution in [1.29, 1.82) is 0 Å². The van der Waals surface area contributed by atoms with Crippen LogP contribution in [0.4, 0.5) is 4.39 Å². The first-order valence-corrected chi connectivity index (χ1v) is 4.77. The van der Waals surface area contributed by atoms with Crippen molar-refractivity contribution >= 4 is 0 Å². The van der Waals surface area contributed by atoms with Gasteiger partial charge in [-0.2, -0.15) is 0 Å². The highest BCUT2D eigenvalue weighted by Crippen LogP contribution is 2.34. The fourth-order valence-corrected chi connectivity index (χ4v) is 2.21. The van der Waals surface area contributed by atoms with Crippen molar-refractivity contribution in [2.75, 3.05) is 32.9 Å². The molecule has 0 aromatic carbocycles. The van der Waals surface area contributed by atoms with Crippen molar-refractivity contribution in [2.45, 2.75) is 24.9 Å². The van der Waals surface area contributed by atoms with Gasteiger partial charge in [0, 0.05) is 26.2 Å². The Balaban J connectivity index is 1.68. The molecule has 0 amide bonds. The highest BCUT2D eigenvalue weighted by atomic mass is 19.1. The van der Waals surface area contributed by atoms with Crippen molar-refractivity contribution in [3.05, 3.63) is 0 Å². The molecule has 0 unspecified atom stereocenters. The van der Waals surface area contributed by atoms with Gasteiger partial charge in [0.25, 0.3) is 0 Å². The maximum absolute atomic E-state index is 11.8. The molecule has 2 rings (SSSR count). The summed E-state index contributed by atoms with van der Waals surface area (Å²) < 4.78 is 17.5. The summed E-state index contributed by atoms with van der Waals surface area (Å²) in [5.41, 5.74) is 0.191. The van der Waals surface area contributed by atoms with Crippen molar-refractivity contribution in [3.63, 3.8) is 0 Å². The van der Waals surface area contributed by atoms with Gasteiger partial charge in [-0.3, -0.25) is 9.29 Å². The summed E-state index contributed by atoms with van der Waals surface area (Å²) in [5.74, 6) is 0. The van der Waals surface area contributed by atoms with Gasteiger partial charge >= 0.3 is 0 Å². The number of likely N-dealkylation sites (tertiary alicyclic amines) is 1. The predicted octanol–water partition coefficient (Wildman–Crippen LogP) is 1.21. The molecule has 2 heterocycles. The third-order valence-corrected chi connectivity index (χ3v) is 2.82. The van der Waals surface area contributed by atoms with Gasteiger partial charge in [0.15, 0.2) is 0 Å². The Hall–Kier alpha value is -0.150. The standard InChI is InChI=1S/C9H16FNO/c10-4-2-5-11-7-9(8-11)3-1-6-12-9/h1-8H2. The van der Waals surface area contributed by atoms with Crippen LogP contribution in [0.2, 0.25) is 0 Å². The van der Waals surface area contributed by atoms with Crippen molar-refractivity contribution in [3.8, 4) is 0 Å². The number of rotatable bonds is 3. The van der Waals surface area contributed by atoms with E-state index in [1.165, 1.54) is 12.8 Å². The van der Waals surface area contributed by atoms with Crippen molar-refractivity contribution in [2.24, 2.45) is 0 Å². The lowest BCUT2D eigenvalue weighted by atomic mass is 9.91. The molecule has 2 fully saturated rings. The number of nitrogens with zero attached hydrogens (tertiary/aromatic N) is 1. The molecule has 2 aliphatic rings. The van der Waals surface area contributed by atoms with Gasteiger partial charge in [0.2, 0.25) is 0 Å². The molecule has 0 aromatic heterocycles. The maximum atomic E-state index is 11.8. The van der Waals surface area contributed by atoms with Gasteiger partial charge in [0.1, 0.15) is 0 Å². The zero-order valence-corrected chi connectivity index (χ0v) is 7.39. The van der Waals surface area contributed by atoms with E-state index in [-0.39, 0.29) is 12.3 Å². The van der Waals surface area contributed by atoms with Gasteiger partial charge in [0.05, 0.1) is 12.3 Å². The van der Waals surface area contributed by atoms with Crippen LogP contribution in [0.3, 0.4) is 0 Å². The Labute approximate surface area is 72.7 Å². The highest BCUT2D eigenvalue weighted by molar-refractivity contribution is 4.99. The SMILES string of the molecule is FCCCN1CC2(CCCO2)C1. The van der Waals surface area contributed by atoms with Crippen LogP contribution >= 0.6 is 0 Å². The number of hydrogen-bond donors (Lipinski definition) is 0. The van der Waals surface area contributed by atoms with Crippen LogP contribution in [0.15, 0.2) is 0 Å². The van der Waals surface area contributed by atoms with Gasteiger partial charge in [-0.25, -0.2) is 0 Å². The topological polar surface area (TPSA) is 12.5 Å². The van der Waals surface area contributed by atoms with Crippen LogP contribution in [0.25, 0.3) is 0 Å². The molecule has 0 bridgehead atoms. The zero-order valence-electron chi connectivity index (χ0n) is 7.39.